The third-order valence-corrected chi connectivity index (χ3v) is 4.50. The van der Waals surface area contributed by atoms with Gasteiger partial charge in [-0.05, 0) is 36.8 Å². The highest BCUT2D eigenvalue weighted by Gasteiger charge is 2.18. The first kappa shape index (κ1) is 21.8. The molecule has 1 atom stereocenters. The Hall–Kier alpha value is -3.93. The second-order valence-corrected chi connectivity index (χ2v) is 6.84. The molecule has 3 rings (SSSR count). The van der Waals surface area contributed by atoms with Gasteiger partial charge in [-0.3, -0.25) is 9.59 Å². The monoisotopic (exact) mass is 417 g/mol. The summed E-state index contributed by atoms with van der Waals surface area (Å²) < 4.78 is 10.5. The standard InChI is InChI=1S/C25H23NO5/c1-18(25(29)26-16-19-8-4-2-5-9-19)31-23(27)17-30-22-14-12-21(13-15-22)24(28)20-10-6-3-7-11-20/h2-15,18H,16-17H2,1H3,(H,26,29)/t18-/m0/s1. The number of nitrogens with one attached hydrogen (secondary N) is 1. The molecule has 0 heterocycles. The molecule has 6 nitrogen and oxygen atoms in total. The van der Waals surface area contributed by atoms with Crippen molar-refractivity contribution in [3.63, 3.8) is 0 Å². The first-order chi connectivity index (χ1) is 15.0. The van der Waals surface area contributed by atoms with Gasteiger partial charge >= 0.3 is 5.97 Å². The number of amides is 1. The molecule has 3 aromatic rings. The van der Waals surface area contributed by atoms with Gasteiger partial charge in [0.25, 0.3) is 5.91 Å². The summed E-state index contributed by atoms with van der Waals surface area (Å²) in [6.07, 6.45) is -0.939. The molecule has 0 spiro atoms. The number of rotatable bonds is 9. The molecule has 31 heavy (non-hydrogen) atoms. The van der Waals surface area contributed by atoms with Crippen molar-refractivity contribution >= 4 is 17.7 Å². The third kappa shape index (κ3) is 6.54. The highest BCUT2D eigenvalue weighted by Crippen LogP contribution is 2.15. The molecular formula is C25H23NO5. The van der Waals surface area contributed by atoms with Gasteiger partial charge in [0.15, 0.2) is 18.5 Å². The highest BCUT2D eigenvalue weighted by atomic mass is 16.6. The zero-order chi connectivity index (χ0) is 22.1. The van der Waals surface area contributed by atoms with Crippen LogP contribution >= 0.6 is 0 Å². The Balaban J connectivity index is 1.43. The molecule has 158 valence electrons. The van der Waals surface area contributed by atoms with Crippen LogP contribution in [0.25, 0.3) is 0 Å². The van der Waals surface area contributed by atoms with Crippen LogP contribution in [0, 0.1) is 0 Å². The lowest BCUT2D eigenvalue weighted by Crippen LogP contribution is -2.36. The Morgan fingerprint density at radius 2 is 1.39 bits per heavy atom. The first-order valence-corrected chi connectivity index (χ1v) is 9.86. The summed E-state index contributed by atoms with van der Waals surface area (Å²) in [5.41, 5.74) is 2.07. The average molecular weight is 417 g/mol. The van der Waals surface area contributed by atoms with Crippen LogP contribution in [0.1, 0.15) is 28.4 Å². The topological polar surface area (TPSA) is 81.7 Å². The van der Waals surface area contributed by atoms with Gasteiger partial charge in [0.2, 0.25) is 0 Å². The summed E-state index contributed by atoms with van der Waals surface area (Å²) in [5.74, 6) is -0.725. The molecular weight excluding hydrogens is 394 g/mol. The Morgan fingerprint density at radius 3 is 2.03 bits per heavy atom. The van der Waals surface area contributed by atoms with E-state index < -0.39 is 12.1 Å². The number of ketones is 1. The minimum absolute atomic E-state index is 0.0955. The molecule has 0 bridgehead atoms. The smallest absolute Gasteiger partial charge is 0.344 e. The molecule has 3 aromatic carbocycles. The van der Waals surface area contributed by atoms with Gasteiger partial charge in [-0.2, -0.15) is 0 Å². The maximum atomic E-state index is 12.4. The van der Waals surface area contributed by atoms with E-state index in [2.05, 4.69) is 5.32 Å². The molecule has 6 heteroatoms. The van der Waals surface area contributed by atoms with E-state index in [0.717, 1.165) is 5.56 Å². The van der Waals surface area contributed by atoms with Crippen molar-refractivity contribution in [3.8, 4) is 5.75 Å². The molecule has 0 saturated heterocycles. The van der Waals surface area contributed by atoms with E-state index in [-0.39, 0.29) is 18.3 Å². The lowest BCUT2D eigenvalue weighted by Gasteiger charge is -2.14. The molecule has 0 saturated carbocycles. The Bertz CT molecular complexity index is 1020. The molecule has 0 unspecified atom stereocenters. The molecule has 0 aromatic heterocycles. The van der Waals surface area contributed by atoms with Gasteiger partial charge in [0, 0.05) is 17.7 Å². The maximum Gasteiger partial charge on any atom is 0.344 e. The molecule has 0 aliphatic rings. The van der Waals surface area contributed by atoms with Gasteiger partial charge in [-0.25, -0.2) is 4.79 Å². The van der Waals surface area contributed by atoms with E-state index in [1.165, 1.54) is 6.92 Å². The van der Waals surface area contributed by atoms with E-state index in [1.54, 1.807) is 48.5 Å². The van der Waals surface area contributed by atoms with E-state index in [0.29, 0.717) is 23.4 Å². The number of hydrogen-bond donors (Lipinski definition) is 1. The van der Waals surface area contributed by atoms with Crippen molar-refractivity contribution in [3.05, 3.63) is 102 Å². The highest BCUT2D eigenvalue weighted by molar-refractivity contribution is 6.09. The second kappa shape index (κ2) is 10.7. The number of ether oxygens (including phenoxy) is 2. The molecule has 1 N–H and O–H groups in total. The minimum atomic E-state index is -0.939. The Morgan fingerprint density at radius 1 is 0.806 bits per heavy atom. The van der Waals surface area contributed by atoms with Crippen LogP contribution in [0.2, 0.25) is 0 Å². The maximum absolute atomic E-state index is 12.4. The molecule has 1 amide bonds. The third-order valence-electron chi connectivity index (χ3n) is 4.50. The minimum Gasteiger partial charge on any atom is -0.482 e. The molecule has 0 radical (unpaired) electrons. The molecule has 0 fully saturated rings. The van der Waals surface area contributed by atoms with Crippen molar-refractivity contribution in [2.45, 2.75) is 19.6 Å². The number of hydrogen-bond acceptors (Lipinski definition) is 5. The van der Waals surface area contributed by atoms with Crippen LogP contribution in [-0.2, 0) is 20.9 Å². The SMILES string of the molecule is C[C@H](OC(=O)COc1ccc(C(=O)c2ccccc2)cc1)C(=O)NCc1ccccc1. The second-order valence-electron chi connectivity index (χ2n) is 6.84. The predicted molar refractivity (Wildman–Crippen MR) is 116 cm³/mol. The molecule has 0 aliphatic heterocycles. The van der Waals surface area contributed by atoms with Crippen molar-refractivity contribution in [1.82, 2.24) is 5.32 Å². The summed E-state index contributed by atoms with van der Waals surface area (Å²) in [6.45, 7) is 1.51. The zero-order valence-electron chi connectivity index (χ0n) is 17.1. The van der Waals surface area contributed by atoms with Crippen molar-refractivity contribution in [2.75, 3.05) is 6.61 Å². The van der Waals surface area contributed by atoms with Gasteiger partial charge < -0.3 is 14.8 Å². The van der Waals surface area contributed by atoms with Crippen LogP contribution in [0.3, 0.4) is 0 Å². The lowest BCUT2D eigenvalue weighted by atomic mass is 10.0. The van der Waals surface area contributed by atoms with Crippen molar-refractivity contribution < 1.29 is 23.9 Å². The van der Waals surface area contributed by atoms with Crippen LogP contribution in [-0.4, -0.2) is 30.4 Å². The molecule has 0 aliphatic carbocycles. The number of esters is 1. The van der Waals surface area contributed by atoms with E-state index in [1.807, 2.05) is 36.4 Å². The van der Waals surface area contributed by atoms with Gasteiger partial charge in [0.05, 0.1) is 0 Å². The summed E-state index contributed by atoms with van der Waals surface area (Å²) in [5, 5.41) is 2.72. The van der Waals surface area contributed by atoms with Crippen LogP contribution in [0.4, 0.5) is 0 Å². The van der Waals surface area contributed by atoms with Gasteiger partial charge in [0.1, 0.15) is 5.75 Å². The lowest BCUT2D eigenvalue weighted by molar-refractivity contribution is -0.156. The quantitative estimate of drug-likeness (QED) is 0.425. The Labute approximate surface area is 180 Å². The number of carbonyl (C=O) groups is 3. The zero-order valence-corrected chi connectivity index (χ0v) is 17.1. The number of benzene rings is 3. The normalized spacial score (nSPS) is 11.3. The fourth-order valence-electron chi connectivity index (χ4n) is 2.81. The Kier molecular flexibility index (Phi) is 7.54. The van der Waals surface area contributed by atoms with Crippen molar-refractivity contribution in [2.24, 2.45) is 0 Å². The summed E-state index contributed by atoms with van der Waals surface area (Å²) in [4.78, 5) is 36.5. The predicted octanol–water partition coefficient (Wildman–Crippen LogP) is 3.54. The fraction of sp³-hybridized carbons (Fsp3) is 0.160. The average Bonchev–Trinajstić information content (AvgIpc) is 2.82. The van der Waals surface area contributed by atoms with Crippen LogP contribution in [0.15, 0.2) is 84.9 Å². The van der Waals surface area contributed by atoms with Crippen LogP contribution < -0.4 is 10.1 Å². The van der Waals surface area contributed by atoms with E-state index in [4.69, 9.17) is 9.47 Å². The van der Waals surface area contributed by atoms with Crippen molar-refractivity contribution in [1.29, 1.82) is 0 Å². The number of carbonyl (C=O) groups excluding carboxylic acids is 3. The van der Waals surface area contributed by atoms with E-state index >= 15 is 0 Å². The fourth-order valence-corrected chi connectivity index (χ4v) is 2.81. The first-order valence-electron chi connectivity index (χ1n) is 9.86. The largest absolute Gasteiger partial charge is 0.482 e. The van der Waals surface area contributed by atoms with Gasteiger partial charge in [-0.15, -0.1) is 0 Å². The summed E-state index contributed by atoms with van der Waals surface area (Å²) >= 11 is 0. The summed E-state index contributed by atoms with van der Waals surface area (Å²) in [7, 11) is 0. The van der Waals surface area contributed by atoms with Crippen LogP contribution in [0.5, 0.6) is 5.75 Å². The summed E-state index contributed by atoms with van der Waals surface area (Å²) in [6, 6.07) is 24.9. The van der Waals surface area contributed by atoms with E-state index in [9.17, 15) is 14.4 Å². The van der Waals surface area contributed by atoms with Gasteiger partial charge in [-0.1, -0.05) is 60.7 Å².